The number of ketones is 1. The number of carbonyl (C=O) groups excluding carboxylic acids is 2. The van der Waals surface area contributed by atoms with Crippen LogP contribution in [0.3, 0.4) is 0 Å². The van der Waals surface area contributed by atoms with E-state index in [-0.39, 0.29) is 46.4 Å². The lowest BCUT2D eigenvalue weighted by atomic mass is 9.92. The predicted octanol–water partition coefficient (Wildman–Crippen LogP) is 5.50. The first-order chi connectivity index (χ1) is 17.5. The summed E-state index contributed by atoms with van der Waals surface area (Å²) in [6, 6.07) is 4.55. The average Bonchev–Trinajstić information content (AvgIpc) is 3.36. The van der Waals surface area contributed by atoms with Gasteiger partial charge in [0.25, 0.3) is 5.91 Å². The van der Waals surface area contributed by atoms with Crippen LogP contribution in [0, 0.1) is 5.95 Å². The molecule has 1 amide bonds. The number of Topliss-reactive ketones (excluding diaryl/α,β-unsaturated/α-hetero) is 1. The summed E-state index contributed by atoms with van der Waals surface area (Å²) in [5.74, 6) is -1.50. The van der Waals surface area contributed by atoms with Crippen LogP contribution in [-0.2, 0) is 5.41 Å². The van der Waals surface area contributed by atoms with Gasteiger partial charge in [-0.15, -0.1) is 11.3 Å². The minimum Gasteiger partial charge on any atom is -0.292 e. The van der Waals surface area contributed by atoms with E-state index in [4.69, 9.17) is 11.6 Å². The summed E-state index contributed by atoms with van der Waals surface area (Å²) >= 11 is 7.38. The lowest BCUT2D eigenvalue weighted by molar-refractivity contribution is 0.0969. The van der Waals surface area contributed by atoms with E-state index >= 15 is 0 Å². The first-order valence-corrected chi connectivity index (χ1v) is 12.5. The van der Waals surface area contributed by atoms with Gasteiger partial charge in [-0.25, -0.2) is 29.9 Å². The van der Waals surface area contributed by atoms with Crippen molar-refractivity contribution in [2.75, 3.05) is 5.32 Å². The minimum atomic E-state index is -0.680. The van der Waals surface area contributed by atoms with Crippen molar-refractivity contribution in [2.24, 2.45) is 0 Å². The van der Waals surface area contributed by atoms with Crippen LogP contribution in [0.15, 0.2) is 43.1 Å². The molecule has 0 fully saturated rings. The summed E-state index contributed by atoms with van der Waals surface area (Å²) in [4.78, 5) is 50.5. The van der Waals surface area contributed by atoms with Crippen LogP contribution in [-0.4, -0.2) is 41.6 Å². The number of anilines is 1. The number of halogens is 2. The van der Waals surface area contributed by atoms with E-state index in [1.165, 1.54) is 48.4 Å². The summed E-state index contributed by atoms with van der Waals surface area (Å²) in [5, 5.41) is 3.71. The topological polar surface area (TPSA) is 124 Å². The predicted molar refractivity (Wildman–Crippen MR) is 138 cm³/mol. The van der Waals surface area contributed by atoms with Gasteiger partial charge >= 0.3 is 0 Å². The third-order valence-corrected chi connectivity index (χ3v) is 6.83. The minimum absolute atomic E-state index is 0.0930. The molecule has 4 rings (SSSR count). The van der Waals surface area contributed by atoms with Gasteiger partial charge in [0.05, 0.1) is 39.4 Å². The first kappa shape index (κ1) is 26.4. The first-order valence-electron chi connectivity index (χ1n) is 11.3. The van der Waals surface area contributed by atoms with E-state index < -0.39 is 11.9 Å². The van der Waals surface area contributed by atoms with Gasteiger partial charge in [-0.2, -0.15) is 4.39 Å². The Morgan fingerprint density at radius 3 is 2.65 bits per heavy atom. The van der Waals surface area contributed by atoms with Crippen LogP contribution in [0.2, 0.25) is 5.02 Å². The van der Waals surface area contributed by atoms with Crippen molar-refractivity contribution in [3.63, 3.8) is 0 Å². The number of nitrogens with one attached hydrogen (secondary N) is 1. The second-order valence-electron chi connectivity index (χ2n) is 9.32. The highest BCUT2D eigenvalue weighted by Gasteiger charge is 2.23. The maximum atomic E-state index is 14.0. The molecule has 0 saturated carbocycles. The van der Waals surface area contributed by atoms with Gasteiger partial charge in [-0.3, -0.25) is 14.9 Å². The van der Waals surface area contributed by atoms with Gasteiger partial charge in [0.2, 0.25) is 11.9 Å². The Balaban J connectivity index is 1.44. The summed E-state index contributed by atoms with van der Waals surface area (Å²) in [5.41, 5.74) is 0.904. The standard InChI is InChI=1S/C25H23ClFN7O2S/c1-13(8-18(35)17-9-16(31-12-32-17)14-6-5-7-28-21(14)27)23-29-11-19(37-23)22(36)34-24-30-10-15(26)20(33-24)25(2,3)4/h5-7,9-13H,8H2,1-4H3,(H,30,33,34,36). The summed E-state index contributed by atoms with van der Waals surface area (Å²) < 4.78 is 14.0. The lowest BCUT2D eigenvalue weighted by Gasteiger charge is -2.19. The Bertz CT molecular complexity index is 1470. The van der Waals surface area contributed by atoms with Crippen molar-refractivity contribution in [2.45, 2.75) is 45.4 Å². The molecule has 0 aliphatic rings. The van der Waals surface area contributed by atoms with Gasteiger partial charge in [0.15, 0.2) is 5.78 Å². The highest BCUT2D eigenvalue weighted by Crippen LogP contribution is 2.29. The Morgan fingerprint density at radius 2 is 1.92 bits per heavy atom. The van der Waals surface area contributed by atoms with Crippen LogP contribution in [0.4, 0.5) is 10.3 Å². The van der Waals surface area contributed by atoms with Crippen molar-refractivity contribution in [1.82, 2.24) is 29.9 Å². The normalized spacial score (nSPS) is 12.3. The number of aromatic nitrogens is 6. The van der Waals surface area contributed by atoms with Crippen LogP contribution in [0.25, 0.3) is 11.3 Å². The molecule has 12 heteroatoms. The fraction of sp³-hybridized carbons (Fsp3) is 0.280. The highest BCUT2D eigenvalue weighted by molar-refractivity contribution is 7.13. The zero-order chi connectivity index (χ0) is 26.7. The molecule has 0 radical (unpaired) electrons. The zero-order valence-corrected chi connectivity index (χ0v) is 22.1. The number of rotatable bonds is 7. The summed E-state index contributed by atoms with van der Waals surface area (Å²) in [6.45, 7) is 7.72. The quantitative estimate of drug-likeness (QED) is 0.241. The van der Waals surface area contributed by atoms with E-state index in [2.05, 4.69) is 35.2 Å². The lowest BCUT2D eigenvalue weighted by Crippen LogP contribution is -2.18. The van der Waals surface area contributed by atoms with Crippen molar-refractivity contribution >= 4 is 40.6 Å². The molecule has 0 spiro atoms. The molecule has 0 saturated heterocycles. The van der Waals surface area contributed by atoms with Gasteiger partial charge < -0.3 is 0 Å². The van der Waals surface area contributed by atoms with Crippen molar-refractivity contribution in [3.05, 3.63) is 75.4 Å². The number of pyridine rings is 1. The fourth-order valence-corrected chi connectivity index (χ4v) is 4.68. The Labute approximate surface area is 221 Å². The van der Waals surface area contributed by atoms with Crippen LogP contribution >= 0.6 is 22.9 Å². The third-order valence-electron chi connectivity index (χ3n) is 5.33. The molecule has 4 heterocycles. The molecule has 0 aliphatic heterocycles. The Morgan fingerprint density at radius 1 is 1.14 bits per heavy atom. The number of amides is 1. The van der Waals surface area contributed by atoms with Crippen LogP contribution in [0.5, 0.6) is 0 Å². The number of thiazole rings is 1. The van der Waals surface area contributed by atoms with E-state index in [9.17, 15) is 14.0 Å². The van der Waals surface area contributed by atoms with Gasteiger partial charge in [0, 0.05) is 24.0 Å². The molecule has 4 aromatic rings. The monoisotopic (exact) mass is 539 g/mol. The number of nitrogens with zero attached hydrogens (tertiary/aromatic N) is 6. The molecule has 37 heavy (non-hydrogen) atoms. The molecule has 0 aromatic carbocycles. The number of hydrogen-bond donors (Lipinski definition) is 1. The molecular formula is C25H23ClFN7O2S. The molecule has 1 atom stereocenters. The number of carbonyl (C=O) groups is 2. The zero-order valence-electron chi connectivity index (χ0n) is 20.5. The molecule has 1 unspecified atom stereocenters. The second-order valence-corrected chi connectivity index (χ2v) is 10.8. The van der Waals surface area contributed by atoms with Crippen molar-refractivity contribution in [1.29, 1.82) is 0 Å². The molecule has 190 valence electrons. The maximum Gasteiger partial charge on any atom is 0.269 e. The summed E-state index contributed by atoms with van der Waals surface area (Å²) in [6.07, 6.45) is 5.55. The van der Waals surface area contributed by atoms with Crippen molar-refractivity contribution < 1.29 is 14.0 Å². The summed E-state index contributed by atoms with van der Waals surface area (Å²) in [7, 11) is 0. The second kappa shape index (κ2) is 10.7. The van der Waals surface area contributed by atoms with Gasteiger partial charge in [-0.05, 0) is 18.2 Å². The highest BCUT2D eigenvalue weighted by atomic mass is 35.5. The van der Waals surface area contributed by atoms with Crippen LogP contribution in [0.1, 0.15) is 70.9 Å². The van der Waals surface area contributed by atoms with Gasteiger partial charge in [-0.1, -0.05) is 39.3 Å². The van der Waals surface area contributed by atoms with Gasteiger partial charge in [0.1, 0.15) is 16.9 Å². The van der Waals surface area contributed by atoms with E-state index in [1.54, 1.807) is 6.07 Å². The van der Waals surface area contributed by atoms with E-state index in [0.29, 0.717) is 20.6 Å². The molecule has 0 bridgehead atoms. The average molecular weight is 540 g/mol. The molecule has 4 aromatic heterocycles. The maximum absolute atomic E-state index is 14.0. The fourth-order valence-electron chi connectivity index (χ4n) is 3.44. The smallest absolute Gasteiger partial charge is 0.269 e. The molecular weight excluding hydrogens is 517 g/mol. The molecule has 0 aliphatic carbocycles. The Kier molecular flexibility index (Phi) is 7.65. The SMILES string of the molecule is CC(CC(=O)c1cc(-c2cccnc2F)ncn1)c1ncc(C(=O)Nc2ncc(Cl)c(C(C)(C)C)n2)s1. The third kappa shape index (κ3) is 6.17. The Hall–Kier alpha value is -3.70. The van der Waals surface area contributed by atoms with E-state index in [0.717, 1.165) is 0 Å². The van der Waals surface area contributed by atoms with Crippen molar-refractivity contribution in [3.8, 4) is 11.3 Å². The molecule has 9 nitrogen and oxygen atoms in total. The molecule has 1 N–H and O–H groups in total. The number of hydrogen-bond acceptors (Lipinski definition) is 9. The van der Waals surface area contributed by atoms with E-state index in [1.807, 2.05) is 27.7 Å². The largest absolute Gasteiger partial charge is 0.292 e. The van der Waals surface area contributed by atoms with Crippen LogP contribution < -0.4 is 5.32 Å².